The first-order valence-electron chi connectivity index (χ1n) is 11.7. The smallest absolute Gasteiger partial charge is 0.251 e. The Bertz CT molecular complexity index is 573. The molecule has 0 aliphatic heterocycles. The number of ether oxygens (including phenoxy) is 1. The number of nitrogens with zero attached hydrogens (tertiary/aromatic N) is 1. The highest BCUT2D eigenvalue weighted by molar-refractivity contribution is 5.85. The summed E-state index contributed by atoms with van der Waals surface area (Å²) in [6, 6.07) is -0.752. The monoisotopic (exact) mass is 425 g/mol. The Hall–Kier alpha value is -1.18. The summed E-state index contributed by atoms with van der Waals surface area (Å²) in [6.45, 7) is 10.6. The average molecular weight is 426 g/mol. The van der Waals surface area contributed by atoms with Gasteiger partial charge in [-0.15, -0.1) is 0 Å². The van der Waals surface area contributed by atoms with Crippen LogP contribution in [0.3, 0.4) is 0 Å². The van der Waals surface area contributed by atoms with Crippen molar-refractivity contribution in [2.24, 2.45) is 11.8 Å². The lowest BCUT2D eigenvalue weighted by molar-refractivity contribution is -0.138. The van der Waals surface area contributed by atoms with Crippen molar-refractivity contribution < 1.29 is 19.4 Å². The molecule has 3 N–H and O–H groups in total. The second-order valence-corrected chi connectivity index (χ2v) is 10.3. The maximum atomic E-state index is 13.4. The van der Waals surface area contributed by atoms with Gasteiger partial charge in [0.2, 0.25) is 5.91 Å². The SMILES string of the molecule is CCCC(NC(=O)C(C1CCCC1C)N(C)COC(C)(C)C)C(O)C(=O)NC1CC1. The Morgan fingerprint density at radius 1 is 1.17 bits per heavy atom. The zero-order valence-corrected chi connectivity index (χ0v) is 19.7. The molecule has 0 heterocycles. The molecule has 7 nitrogen and oxygen atoms in total. The first-order valence-corrected chi connectivity index (χ1v) is 11.7. The summed E-state index contributed by atoms with van der Waals surface area (Å²) in [6.07, 6.45) is 5.26. The van der Waals surface area contributed by atoms with Crippen molar-refractivity contribution in [1.29, 1.82) is 0 Å². The number of carbonyl (C=O) groups is 2. The summed E-state index contributed by atoms with van der Waals surface area (Å²) >= 11 is 0. The van der Waals surface area contributed by atoms with Crippen LogP contribution in [-0.4, -0.2) is 65.4 Å². The maximum Gasteiger partial charge on any atom is 0.251 e. The molecule has 2 saturated carbocycles. The van der Waals surface area contributed by atoms with Crippen LogP contribution in [0.2, 0.25) is 0 Å². The third kappa shape index (κ3) is 7.50. The summed E-state index contributed by atoms with van der Waals surface area (Å²) < 4.78 is 5.94. The van der Waals surface area contributed by atoms with Gasteiger partial charge < -0.3 is 20.5 Å². The highest BCUT2D eigenvalue weighted by Gasteiger charge is 2.40. The van der Waals surface area contributed by atoms with Crippen LogP contribution < -0.4 is 10.6 Å². The number of likely N-dealkylation sites (N-methyl/N-ethyl adjacent to an activating group) is 1. The van der Waals surface area contributed by atoms with Crippen molar-refractivity contribution in [1.82, 2.24) is 15.5 Å². The van der Waals surface area contributed by atoms with E-state index in [0.717, 1.165) is 38.5 Å². The van der Waals surface area contributed by atoms with Gasteiger partial charge in [-0.3, -0.25) is 14.5 Å². The van der Waals surface area contributed by atoms with Crippen molar-refractivity contribution >= 4 is 11.8 Å². The summed E-state index contributed by atoms with van der Waals surface area (Å²) in [5, 5.41) is 16.5. The van der Waals surface area contributed by atoms with Crippen LogP contribution in [-0.2, 0) is 14.3 Å². The fourth-order valence-corrected chi connectivity index (χ4v) is 4.33. The Labute approximate surface area is 182 Å². The van der Waals surface area contributed by atoms with Crippen LogP contribution in [0.5, 0.6) is 0 Å². The molecule has 174 valence electrons. The molecule has 0 aromatic carbocycles. The van der Waals surface area contributed by atoms with Gasteiger partial charge in [0.25, 0.3) is 5.91 Å². The van der Waals surface area contributed by atoms with E-state index < -0.39 is 12.1 Å². The number of aliphatic hydroxyl groups is 1. The van der Waals surface area contributed by atoms with E-state index in [1.165, 1.54) is 0 Å². The van der Waals surface area contributed by atoms with Crippen molar-refractivity contribution in [3.8, 4) is 0 Å². The highest BCUT2D eigenvalue weighted by atomic mass is 16.5. The molecule has 5 unspecified atom stereocenters. The van der Waals surface area contributed by atoms with Gasteiger partial charge in [0.05, 0.1) is 17.7 Å². The Morgan fingerprint density at radius 3 is 2.33 bits per heavy atom. The first-order chi connectivity index (χ1) is 14.0. The zero-order valence-electron chi connectivity index (χ0n) is 19.7. The number of carbonyl (C=O) groups excluding carboxylic acids is 2. The second kappa shape index (κ2) is 10.9. The molecule has 2 aliphatic rings. The van der Waals surface area contributed by atoms with E-state index in [1.807, 2.05) is 39.6 Å². The van der Waals surface area contributed by atoms with E-state index in [9.17, 15) is 14.7 Å². The molecule has 30 heavy (non-hydrogen) atoms. The summed E-state index contributed by atoms with van der Waals surface area (Å²) in [7, 11) is 1.92. The molecular weight excluding hydrogens is 382 g/mol. The van der Waals surface area contributed by atoms with Gasteiger partial charge >= 0.3 is 0 Å². The molecule has 5 atom stereocenters. The zero-order chi connectivity index (χ0) is 22.5. The lowest BCUT2D eigenvalue weighted by atomic mass is 9.88. The Morgan fingerprint density at radius 2 is 1.83 bits per heavy atom. The molecule has 0 aromatic rings. The summed E-state index contributed by atoms with van der Waals surface area (Å²) in [5.74, 6) is 0.181. The fourth-order valence-electron chi connectivity index (χ4n) is 4.33. The molecule has 0 spiro atoms. The van der Waals surface area contributed by atoms with Crippen LogP contribution in [0, 0.1) is 11.8 Å². The number of hydrogen-bond donors (Lipinski definition) is 3. The molecule has 2 amide bonds. The average Bonchev–Trinajstić information content (AvgIpc) is 3.38. The van der Waals surface area contributed by atoms with E-state index >= 15 is 0 Å². The molecule has 2 rings (SSSR count). The summed E-state index contributed by atoms with van der Waals surface area (Å²) in [4.78, 5) is 27.8. The lowest BCUT2D eigenvalue weighted by Gasteiger charge is -2.36. The normalized spacial score (nSPS) is 25.1. The molecule has 7 heteroatoms. The standard InChI is InChI=1S/C23H43N3O4/c1-7-9-18(20(27)22(29)24-16-12-13-16)25-21(28)19(17-11-8-10-15(17)2)26(6)14-30-23(3,4)5/h15-20,27H,7-14H2,1-6H3,(H,24,29)(H,25,28). The first kappa shape index (κ1) is 25.1. The largest absolute Gasteiger partial charge is 0.381 e. The van der Waals surface area contributed by atoms with Crippen LogP contribution in [0.1, 0.15) is 79.6 Å². The molecule has 0 aromatic heterocycles. The third-order valence-corrected chi connectivity index (χ3v) is 6.28. The number of aliphatic hydroxyl groups excluding tert-OH is 1. The van der Waals surface area contributed by atoms with E-state index in [1.54, 1.807) is 0 Å². The van der Waals surface area contributed by atoms with Crippen molar-refractivity contribution in [3.63, 3.8) is 0 Å². The van der Waals surface area contributed by atoms with Crippen molar-refractivity contribution in [2.75, 3.05) is 13.8 Å². The minimum absolute atomic E-state index is 0.120. The van der Waals surface area contributed by atoms with Crippen molar-refractivity contribution in [3.05, 3.63) is 0 Å². The van der Waals surface area contributed by atoms with Gasteiger partial charge in [0.1, 0.15) is 6.73 Å². The van der Waals surface area contributed by atoms with E-state index in [0.29, 0.717) is 19.1 Å². The number of rotatable bonds is 11. The van der Waals surface area contributed by atoms with E-state index in [-0.39, 0.29) is 35.4 Å². The topological polar surface area (TPSA) is 90.9 Å². The second-order valence-electron chi connectivity index (χ2n) is 10.3. The van der Waals surface area contributed by atoms with Gasteiger partial charge in [0, 0.05) is 6.04 Å². The molecule has 0 bridgehead atoms. The van der Waals surface area contributed by atoms with Gasteiger partial charge in [-0.1, -0.05) is 33.1 Å². The third-order valence-electron chi connectivity index (χ3n) is 6.28. The van der Waals surface area contributed by atoms with E-state index in [2.05, 4.69) is 17.6 Å². The van der Waals surface area contributed by atoms with Gasteiger partial charge in [-0.25, -0.2) is 0 Å². The predicted octanol–water partition coefficient (Wildman–Crippen LogP) is 2.42. The highest BCUT2D eigenvalue weighted by Crippen LogP contribution is 2.35. The molecular formula is C23H43N3O4. The lowest BCUT2D eigenvalue weighted by Crippen LogP contribution is -2.57. The minimum atomic E-state index is -1.23. The van der Waals surface area contributed by atoms with E-state index in [4.69, 9.17) is 4.74 Å². The van der Waals surface area contributed by atoms with Crippen LogP contribution >= 0.6 is 0 Å². The fraction of sp³-hybridized carbons (Fsp3) is 0.913. The summed E-state index contributed by atoms with van der Waals surface area (Å²) in [5.41, 5.74) is -0.293. The van der Waals surface area contributed by atoms with Crippen LogP contribution in [0.4, 0.5) is 0 Å². The molecule has 0 saturated heterocycles. The van der Waals surface area contributed by atoms with Crippen LogP contribution in [0.15, 0.2) is 0 Å². The number of nitrogens with one attached hydrogen (secondary N) is 2. The maximum absolute atomic E-state index is 13.4. The van der Waals surface area contributed by atoms with Gasteiger partial charge in [-0.05, 0) is 65.3 Å². The quantitative estimate of drug-likeness (QED) is 0.442. The Kier molecular flexibility index (Phi) is 9.13. The molecule has 0 radical (unpaired) electrons. The van der Waals surface area contributed by atoms with Crippen LogP contribution in [0.25, 0.3) is 0 Å². The predicted molar refractivity (Wildman–Crippen MR) is 118 cm³/mol. The van der Waals surface area contributed by atoms with Gasteiger partial charge in [-0.2, -0.15) is 0 Å². The Balaban J connectivity index is 2.10. The molecule has 2 fully saturated rings. The molecule has 2 aliphatic carbocycles. The van der Waals surface area contributed by atoms with Crippen molar-refractivity contribution in [2.45, 2.75) is 109 Å². The minimum Gasteiger partial charge on any atom is -0.381 e. The number of amides is 2. The van der Waals surface area contributed by atoms with Gasteiger partial charge in [0.15, 0.2) is 6.10 Å². The number of hydrogen-bond acceptors (Lipinski definition) is 5.